The number of hydrogen-bond acceptors (Lipinski definition) is 5. The van der Waals surface area contributed by atoms with Crippen LogP contribution in [0.3, 0.4) is 0 Å². The molecule has 42 heavy (non-hydrogen) atoms. The SMILES string of the molecule is CC.CN(C)C(=O)c1cc(N=Nc2cc(C(C)(C)CC(C)(C)C)cc(C(C)(C)c3ccccc3)c2O)c(Br)cc1C=O. The number of azo groups is 1. The number of halogens is 1. The Kier molecular flexibility index (Phi) is 11.4. The van der Waals surface area contributed by atoms with E-state index in [4.69, 9.17) is 0 Å². The van der Waals surface area contributed by atoms with Crippen LogP contribution >= 0.6 is 15.9 Å². The average molecular weight is 637 g/mol. The van der Waals surface area contributed by atoms with Crippen LogP contribution in [0.2, 0.25) is 0 Å². The summed E-state index contributed by atoms with van der Waals surface area (Å²) in [5.41, 5.74) is 3.42. The first kappa shape index (κ1) is 34.9. The number of phenolic OH excluding ortho intramolecular Hbond substituents is 1. The molecule has 0 aliphatic heterocycles. The monoisotopic (exact) mass is 635 g/mol. The Bertz CT molecular complexity index is 1440. The van der Waals surface area contributed by atoms with Gasteiger partial charge in [0.2, 0.25) is 0 Å². The van der Waals surface area contributed by atoms with Gasteiger partial charge >= 0.3 is 0 Å². The van der Waals surface area contributed by atoms with Gasteiger partial charge in [-0.3, -0.25) is 9.59 Å². The van der Waals surface area contributed by atoms with E-state index in [1.807, 2.05) is 38.1 Å². The highest BCUT2D eigenvalue weighted by Crippen LogP contribution is 2.47. The lowest BCUT2D eigenvalue weighted by molar-refractivity contribution is 0.0824. The van der Waals surface area contributed by atoms with Gasteiger partial charge in [0.05, 0.1) is 5.56 Å². The second-order valence-corrected chi connectivity index (χ2v) is 13.8. The molecule has 0 radical (unpaired) electrons. The summed E-state index contributed by atoms with van der Waals surface area (Å²) in [6.07, 6.45) is 1.56. The molecular formula is C35H46BrN3O3. The fourth-order valence-corrected chi connectivity index (χ4v) is 5.73. The van der Waals surface area contributed by atoms with E-state index in [-0.39, 0.29) is 33.6 Å². The Hall–Kier alpha value is -3.32. The molecule has 6 nitrogen and oxygen atoms in total. The van der Waals surface area contributed by atoms with E-state index >= 15 is 0 Å². The van der Waals surface area contributed by atoms with Crippen LogP contribution in [-0.4, -0.2) is 36.3 Å². The van der Waals surface area contributed by atoms with Crippen molar-refractivity contribution >= 4 is 39.5 Å². The molecule has 1 N–H and O–H groups in total. The molecule has 1 amide bonds. The maximum Gasteiger partial charge on any atom is 0.254 e. The standard InChI is InChI=1S/C33H40BrN3O3.C2H6/c1-31(2,3)20-32(4,5)23-16-25(33(6,7)22-13-11-10-12-14-22)29(39)28(17-23)36-35-27-18-24(30(40)37(8)9)21(19-38)15-26(27)34;1-2/h10-19,39H,20H2,1-9H3;1-2H3. The molecule has 226 valence electrons. The first-order valence-corrected chi connectivity index (χ1v) is 15.1. The van der Waals surface area contributed by atoms with Gasteiger partial charge in [-0.2, -0.15) is 0 Å². The topological polar surface area (TPSA) is 82.3 Å². The fourth-order valence-electron chi connectivity index (χ4n) is 5.29. The fraction of sp³-hybridized carbons (Fsp3) is 0.429. The van der Waals surface area contributed by atoms with E-state index in [9.17, 15) is 14.7 Å². The molecule has 0 bridgehead atoms. The number of aromatic hydroxyl groups is 1. The van der Waals surface area contributed by atoms with E-state index in [2.05, 4.69) is 92.8 Å². The quantitative estimate of drug-likeness (QED) is 0.197. The minimum atomic E-state index is -0.513. The molecule has 3 aromatic rings. The molecule has 7 heteroatoms. The van der Waals surface area contributed by atoms with Gasteiger partial charge in [-0.05, 0) is 62.5 Å². The molecule has 0 aliphatic carbocycles. The number of aldehydes is 1. The molecule has 0 unspecified atom stereocenters. The number of benzene rings is 3. The summed E-state index contributed by atoms with van der Waals surface area (Å²) in [5.74, 6) is -0.259. The summed E-state index contributed by atoms with van der Waals surface area (Å²) in [7, 11) is 3.25. The minimum Gasteiger partial charge on any atom is -0.505 e. The number of amides is 1. The second kappa shape index (κ2) is 13.8. The Labute approximate surface area is 260 Å². The van der Waals surface area contributed by atoms with Crippen molar-refractivity contribution in [1.82, 2.24) is 4.90 Å². The Morgan fingerprint density at radius 3 is 1.98 bits per heavy atom. The van der Waals surface area contributed by atoms with Gasteiger partial charge in [0.1, 0.15) is 17.1 Å². The van der Waals surface area contributed by atoms with Crippen molar-refractivity contribution in [3.8, 4) is 5.75 Å². The number of carbonyl (C=O) groups is 2. The molecule has 0 heterocycles. The minimum absolute atomic E-state index is 0.0538. The van der Waals surface area contributed by atoms with Crippen LogP contribution in [0.1, 0.15) is 106 Å². The molecule has 0 fully saturated rings. The van der Waals surface area contributed by atoms with Crippen LogP contribution in [-0.2, 0) is 10.8 Å². The van der Waals surface area contributed by atoms with Crippen LogP contribution in [0.5, 0.6) is 5.75 Å². The van der Waals surface area contributed by atoms with Crippen LogP contribution in [0.15, 0.2) is 69.3 Å². The zero-order chi connectivity index (χ0) is 32.0. The molecule has 0 aliphatic rings. The number of carbonyl (C=O) groups excluding carboxylic acids is 2. The van der Waals surface area contributed by atoms with Gasteiger partial charge in [0, 0.05) is 35.1 Å². The number of rotatable bonds is 8. The van der Waals surface area contributed by atoms with Gasteiger partial charge in [-0.25, -0.2) is 0 Å². The van der Waals surface area contributed by atoms with Gasteiger partial charge in [0.25, 0.3) is 5.91 Å². The van der Waals surface area contributed by atoms with E-state index in [0.717, 1.165) is 23.1 Å². The predicted octanol–water partition coefficient (Wildman–Crippen LogP) is 10.2. The third-order valence-corrected chi connectivity index (χ3v) is 7.80. The lowest BCUT2D eigenvalue weighted by atomic mass is 9.70. The van der Waals surface area contributed by atoms with Gasteiger partial charge in [-0.1, -0.05) is 98.7 Å². The molecule has 0 saturated heterocycles. The lowest BCUT2D eigenvalue weighted by Crippen LogP contribution is -2.26. The van der Waals surface area contributed by atoms with E-state index in [1.165, 1.54) is 4.90 Å². The Balaban J connectivity index is 0.00000301. The first-order valence-electron chi connectivity index (χ1n) is 14.3. The molecule has 0 spiro atoms. The predicted molar refractivity (Wildman–Crippen MR) is 177 cm³/mol. The van der Waals surface area contributed by atoms with Crippen molar-refractivity contribution in [3.63, 3.8) is 0 Å². The van der Waals surface area contributed by atoms with Crippen LogP contribution < -0.4 is 0 Å². The largest absolute Gasteiger partial charge is 0.505 e. The third kappa shape index (κ3) is 8.15. The summed E-state index contributed by atoms with van der Waals surface area (Å²) in [6, 6.07) is 17.2. The van der Waals surface area contributed by atoms with Gasteiger partial charge < -0.3 is 10.0 Å². The van der Waals surface area contributed by atoms with E-state index < -0.39 is 5.41 Å². The zero-order valence-electron chi connectivity index (χ0n) is 27.0. The number of nitrogens with zero attached hydrogens (tertiary/aromatic N) is 3. The maximum atomic E-state index is 12.7. The second-order valence-electron chi connectivity index (χ2n) is 12.9. The van der Waals surface area contributed by atoms with Crippen molar-refractivity contribution in [2.45, 2.75) is 79.6 Å². The van der Waals surface area contributed by atoms with Crippen molar-refractivity contribution in [1.29, 1.82) is 0 Å². The van der Waals surface area contributed by atoms with Crippen LogP contribution in [0, 0.1) is 5.41 Å². The molecule has 0 aromatic heterocycles. The van der Waals surface area contributed by atoms with Crippen LogP contribution in [0.4, 0.5) is 11.4 Å². The highest BCUT2D eigenvalue weighted by Gasteiger charge is 2.33. The highest BCUT2D eigenvalue weighted by atomic mass is 79.9. The summed E-state index contributed by atoms with van der Waals surface area (Å²) in [6.45, 7) is 19.3. The summed E-state index contributed by atoms with van der Waals surface area (Å²) in [5, 5.41) is 20.5. The average Bonchev–Trinajstić information content (AvgIpc) is 2.92. The van der Waals surface area contributed by atoms with Crippen molar-refractivity contribution < 1.29 is 14.7 Å². The summed E-state index contributed by atoms with van der Waals surface area (Å²) >= 11 is 3.46. The number of hydrogen-bond donors (Lipinski definition) is 1. The third-order valence-electron chi connectivity index (χ3n) is 7.16. The zero-order valence-corrected chi connectivity index (χ0v) is 28.5. The first-order chi connectivity index (χ1) is 19.5. The van der Waals surface area contributed by atoms with E-state index in [1.54, 1.807) is 26.2 Å². The maximum absolute atomic E-state index is 12.7. The highest BCUT2D eigenvalue weighted by molar-refractivity contribution is 9.10. The van der Waals surface area contributed by atoms with Crippen molar-refractivity contribution in [2.24, 2.45) is 15.6 Å². The van der Waals surface area contributed by atoms with E-state index in [0.29, 0.717) is 22.1 Å². The Morgan fingerprint density at radius 1 is 0.881 bits per heavy atom. The normalized spacial score (nSPS) is 12.1. The summed E-state index contributed by atoms with van der Waals surface area (Å²) < 4.78 is 0.516. The summed E-state index contributed by atoms with van der Waals surface area (Å²) in [4.78, 5) is 25.8. The smallest absolute Gasteiger partial charge is 0.254 e. The van der Waals surface area contributed by atoms with Gasteiger partial charge in [-0.15, -0.1) is 10.2 Å². The molecule has 0 saturated carbocycles. The van der Waals surface area contributed by atoms with Crippen LogP contribution in [0.25, 0.3) is 0 Å². The molecule has 3 aromatic carbocycles. The number of phenols is 1. The van der Waals surface area contributed by atoms with Crippen molar-refractivity contribution in [3.05, 3.63) is 86.9 Å². The van der Waals surface area contributed by atoms with Crippen molar-refractivity contribution in [2.75, 3.05) is 14.1 Å². The lowest BCUT2D eigenvalue weighted by Gasteiger charge is -2.35. The van der Waals surface area contributed by atoms with Gasteiger partial charge in [0.15, 0.2) is 6.29 Å². The molecule has 0 atom stereocenters. The molecule has 3 rings (SSSR count). The Morgan fingerprint density at radius 2 is 1.45 bits per heavy atom. The molecular weight excluding hydrogens is 590 g/mol.